The van der Waals surface area contributed by atoms with Crippen molar-refractivity contribution in [1.82, 2.24) is 4.98 Å². The van der Waals surface area contributed by atoms with Gasteiger partial charge in [0.1, 0.15) is 12.4 Å². The van der Waals surface area contributed by atoms with E-state index in [2.05, 4.69) is 4.98 Å². The van der Waals surface area contributed by atoms with Crippen molar-refractivity contribution in [3.05, 3.63) is 60.0 Å². The van der Waals surface area contributed by atoms with E-state index in [4.69, 9.17) is 4.74 Å². The third-order valence-corrected chi connectivity index (χ3v) is 2.99. The molecule has 1 aromatic heterocycles. The van der Waals surface area contributed by atoms with Crippen LogP contribution in [0.5, 0.6) is 11.5 Å². The molecule has 0 aliphatic carbocycles. The van der Waals surface area contributed by atoms with Gasteiger partial charge in [-0.05, 0) is 24.3 Å². The number of rotatable bonds is 3. The molecule has 0 saturated heterocycles. The second kappa shape index (κ2) is 4.65. The summed E-state index contributed by atoms with van der Waals surface area (Å²) < 4.78 is 19.3. The first kappa shape index (κ1) is 11.6. The van der Waals surface area contributed by atoms with Crippen LogP contribution in [0.1, 0.15) is 5.56 Å². The minimum Gasteiger partial charge on any atom is -0.504 e. The molecule has 0 fully saturated rings. The molecule has 96 valence electrons. The third kappa shape index (κ3) is 2.12. The minimum atomic E-state index is -0.283. The summed E-state index contributed by atoms with van der Waals surface area (Å²) in [6, 6.07) is 11.6. The van der Waals surface area contributed by atoms with Gasteiger partial charge >= 0.3 is 0 Å². The van der Waals surface area contributed by atoms with Crippen LogP contribution in [0.4, 0.5) is 4.39 Å². The monoisotopic (exact) mass is 257 g/mol. The van der Waals surface area contributed by atoms with Gasteiger partial charge in [0.15, 0.2) is 11.5 Å². The normalized spacial score (nSPS) is 10.8. The van der Waals surface area contributed by atoms with E-state index >= 15 is 0 Å². The van der Waals surface area contributed by atoms with Crippen molar-refractivity contribution >= 4 is 10.9 Å². The van der Waals surface area contributed by atoms with E-state index in [0.29, 0.717) is 11.1 Å². The summed E-state index contributed by atoms with van der Waals surface area (Å²) in [4.78, 5) is 3.00. The average Bonchev–Trinajstić information content (AvgIpc) is 2.83. The first-order chi connectivity index (χ1) is 9.25. The van der Waals surface area contributed by atoms with Gasteiger partial charge in [0, 0.05) is 22.7 Å². The van der Waals surface area contributed by atoms with E-state index in [9.17, 15) is 9.50 Å². The Morgan fingerprint density at radius 1 is 1.11 bits per heavy atom. The van der Waals surface area contributed by atoms with Gasteiger partial charge in [0.05, 0.1) is 0 Å². The summed E-state index contributed by atoms with van der Waals surface area (Å²) in [6.07, 6.45) is 1.72. The first-order valence-electron chi connectivity index (χ1n) is 5.91. The lowest BCUT2D eigenvalue weighted by molar-refractivity contribution is 0.290. The molecule has 0 spiro atoms. The number of fused-ring (bicyclic) bond motifs is 1. The van der Waals surface area contributed by atoms with Crippen LogP contribution in [0, 0.1) is 5.82 Å². The molecule has 1 heterocycles. The number of aromatic hydroxyl groups is 1. The largest absolute Gasteiger partial charge is 0.504 e. The Morgan fingerprint density at radius 3 is 2.79 bits per heavy atom. The third-order valence-electron chi connectivity index (χ3n) is 2.99. The molecule has 3 rings (SSSR count). The standard InChI is InChI=1S/C15H12FNO2/c16-11-4-3-5-12-15(11)10(8-17-12)9-19-14-7-2-1-6-13(14)18/h1-8,17-18H,9H2. The number of ether oxygens (including phenoxy) is 1. The highest BCUT2D eigenvalue weighted by atomic mass is 19.1. The van der Waals surface area contributed by atoms with Crippen LogP contribution in [-0.2, 0) is 6.61 Å². The zero-order chi connectivity index (χ0) is 13.2. The number of aromatic nitrogens is 1. The number of hydrogen-bond acceptors (Lipinski definition) is 2. The predicted molar refractivity (Wildman–Crippen MR) is 70.7 cm³/mol. The van der Waals surface area contributed by atoms with Crippen LogP contribution in [0.2, 0.25) is 0 Å². The number of nitrogens with one attached hydrogen (secondary N) is 1. The van der Waals surface area contributed by atoms with Gasteiger partial charge in [-0.3, -0.25) is 0 Å². The first-order valence-corrected chi connectivity index (χ1v) is 5.91. The lowest BCUT2D eigenvalue weighted by Gasteiger charge is -2.07. The summed E-state index contributed by atoms with van der Waals surface area (Å²) in [5.74, 6) is 0.172. The van der Waals surface area contributed by atoms with Crippen molar-refractivity contribution in [3.8, 4) is 11.5 Å². The summed E-state index contributed by atoms with van der Waals surface area (Å²) >= 11 is 0. The molecule has 4 heteroatoms. The molecule has 3 aromatic rings. The summed E-state index contributed by atoms with van der Waals surface area (Å²) in [6.45, 7) is 0.193. The number of phenolic OH excluding ortho intramolecular Hbond substituents is 1. The number of phenols is 1. The van der Waals surface area contributed by atoms with E-state index in [1.807, 2.05) is 6.07 Å². The molecule has 0 aliphatic rings. The van der Waals surface area contributed by atoms with Crippen molar-refractivity contribution < 1.29 is 14.2 Å². The lowest BCUT2D eigenvalue weighted by Crippen LogP contribution is -1.95. The van der Waals surface area contributed by atoms with Gasteiger partial charge in [-0.15, -0.1) is 0 Å². The molecular formula is C15H12FNO2. The topological polar surface area (TPSA) is 45.2 Å². The average molecular weight is 257 g/mol. The maximum atomic E-state index is 13.8. The zero-order valence-corrected chi connectivity index (χ0v) is 10.1. The molecule has 0 aliphatic heterocycles. The molecule has 0 bridgehead atoms. The van der Waals surface area contributed by atoms with Crippen molar-refractivity contribution in [2.75, 3.05) is 0 Å². The lowest BCUT2D eigenvalue weighted by atomic mass is 10.2. The Balaban J connectivity index is 1.89. The van der Waals surface area contributed by atoms with E-state index < -0.39 is 0 Å². The molecule has 3 nitrogen and oxygen atoms in total. The van der Waals surface area contributed by atoms with E-state index in [1.54, 1.807) is 36.5 Å². The van der Waals surface area contributed by atoms with Gasteiger partial charge in [0.25, 0.3) is 0 Å². The second-order valence-electron chi connectivity index (χ2n) is 4.23. The molecule has 0 unspecified atom stereocenters. The number of hydrogen-bond donors (Lipinski definition) is 2. The Morgan fingerprint density at radius 2 is 1.95 bits per heavy atom. The van der Waals surface area contributed by atoms with Crippen LogP contribution in [0.25, 0.3) is 10.9 Å². The van der Waals surface area contributed by atoms with Gasteiger partial charge in [-0.2, -0.15) is 0 Å². The molecule has 0 radical (unpaired) electrons. The number of halogens is 1. The van der Waals surface area contributed by atoms with Crippen molar-refractivity contribution in [2.45, 2.75) is 6.61 Å². The fraction of sp³-hybridized carbons (Fsp3) is 0.0667. The summed E-state index contributed by atoms with van der Waals surface area (Å²) in [5, 5.41) is 10.1. The fourth-order valence-electron chi connectivity index (χ4n) is 2.06. The molecule has 0 saturated carbocycles. The maximum Gasteiger partial charge on any atom is 0.161 e. The van der Waals surface area contributed by atoms with E-state index in [0.717, 1.165) is 11.1 Å². The van der Waals surface area contributed by atoms with Gasteiger partial charge in [0.2, 0.25) is 0 Å². The fourth-order valence-corrected chi connectivity index (χ4v) is 2.06. The second-order valence-corrected chi connectivity index (χ2v) is 4.23. The molecular weight excluding hydrogens is 245 g/mol. The Bertz CT molecular complexity index is 721. The Kier molecular flexibility index (Phi) is 2.83. The molecule has 19 heavy (non-hydrogen) atoms. The van der Waals surface area contributed by atoms with Crippen LogP contribution >= 0.6 is 0 Å². The minimum absolute atomic E-state index is 0.0720. The van der Waals surface area contributed by atoms with Gasteiger partial charge < -0.3 is 14.8 Å². The van der Waals surface area contributed by atoms with E-state index in [-0.39, 0.29) is 18.2 Å². The molecule has 0 atom stereocenters. The SMILES string of the molecule is Oc1ccccc1OCc1c[nH]c2cccc(F)c12. The van der Waals surface area contributed by atoms with Crippen LogP contribution in [0.3, 0.4) is 0 Å². The quantitative estimate of drug-likeness (QED) is 0.753. The summed E-state index contributed by atoms with van der Waals surface area (Å²) in [7, 11) is 0. The number of aromatic amines is 1. The molecule has 2 N–H and O–H groups in total. The van der Waals surface area contributed by atoms with Gasteiger partial charge in [-0.1, -0.05) is 18.2 Å². The smallest absolute Gasteiger partial charge is 0.161 e. The highest BCUT2D eigenvalue weighted by Crippen LogP contribution is 2.27. The number of H-pyrrole nitrogens is 1. The highest BCUT2D eigenvalue weighted by molar-refractivity contribution is 5.83. The van der Waals surface area contributed by atoms with Crippen molar-refractivity contribution in [3.63, 3.8) is 0 Å². The van der Waals surface area contributed by atoms with Crippen LogP contribution < -0.4 is 4.74 Å². The maximum absolute atomic E-state index is 13.8. The van der Waals surface area contributed by atoms with E-state index in [1.165, 1.54) is 6.07 Å². The summed E-state index contributed by atoms with van der Waals surface area (Å²) in [5.41, 5.74) is 1.45. The Hall–Kier alpha value is -2.49. The van der Waals surface area contributed by atoms with Crippen LogP contribution in [-0.4, -0.2) is 10.1 Å². The Labute approximate surface area is 109 Å². The van der Waals surface area contributed by atoms with Crippen LogP contribution in [0.15, 0.2) is 48.7 Å². The molecule has 0 amide bonds. The highest BCUT2D eigenvalue weighted by Gasteiger charge is 2.09. The predicted octanol–water partition coefficient (Wildman–Crippen LogP) is 3.59. The van der Waals surface area contributed by atoms with Crippen molar-refractivity contribution in [1.29, 1.82) is 0 Å². The van der Waals surface area contributed by atoms with Crippen molar-refractivity contribution in [2.24, 2.45) is 0 Å². The van der Waals surface area contributed by atoms with Gasteiger partial charge in [-0.25, -0.2) is 4.39 Å². The number of para-hydroxylation sites is 2. The zero-order valence-electron chi connectivity index (χ0n) is 10.1. The molecule has 2 aromatic carbocycles. The number of benzene rings is 2.